The first-order valence-corrected chi connectivity index (χ1v) is 14.4. The molecule has 0 aliphatic carbocycles. The van der Waals surface area contributed by atoms with Gasteiger partial charge >= 0.3 is 5.97 Å². The van der Waals surface area contributed by atoms with E-state index in [0.717, 1.165) is 4.90 Å². The van der Waals surface area contributed by atoms with E-state index in [1.165, 1.54) is 18.9 Å². The van der Waals surface area contributed by atoms with Crippen molar-refractivity contribution in [3.05, 3.63) is 131 Å². The average Bonchev–Trinajstić information content (AvgIpc) is 3.02. The summed E-state index contributed by atoms with van der Waals surface area (Å²) < 4.78 is 4.79. The van der Waals surface area contributed by atoms with Crippen LogP contribution in [0, 0.1) is 0 Å². The van der Waals surface area contributed by atoms with Crippen LogP contribution in [0.15, 0.2) is 114 Å². The molecule has 43 heavy (non-hydrogen) atoms. The third kappa shape index (κ3) is 8.81. The molecule has 0 saturated carbocycles. The Kier molecular flexibility index (Phi) is 10.7. The molecule has 3 amide bonds. The van der Waals surface area contributed by atoms with Crippen molar-refractivity contribution in [3.8, 4) is 0 Å². The molecule has 0 spiro atoms. The van der Waals surface area contributed by atoms with Gasteiger partial charge in [0.1, 0.15) is 5.70 Å². The monoisotopic (exact) mass is 613 g/mol. The topological polar surface area (TPSA) is 114 Å². The van der Waals surface area contributed by atoms with Crippen LogP contribution in [0.3, 0.4) is 0 Å². The van der Waals surface area contributed by atoms with Crippen molar-refractivity contribution in [2.45, 2.75) is 17.1 Å². The van der Waals surface area contributed by atoms with Gasteiger partial charge in [-0.1, -0.05) is 54.1 Å². The lowest BCUT2D eigenvalue weighted by atomic mass is 10.1. The van der Waals surface area contributed by atoms with Crippen molar-refractivity contribution in [1.29, 1.82) is 0 Å². The van der Waals surface area contributed by atoms with Crippen molar-refractivity contribution in [2.75, 3.05) is 17.7 Å². The molecule has 0 aliphatic rings. The highest BCUT2D eigenvalue weighted by Gasteiger charge is 2.19. The van der Waals surface area contributed by atoms with E-state index in [4.69, 9.17) is 16.3 Å². The maximum atomic E-state index is 13.3. The van der Waals surface area contributed by atoms with E-state index < -0.39 is 23.0 Å². The first kappa shape index (κ1) is 31.1. The molecule has 0 aliphatic heterocycles. The molecule has 4 rings (SSSR count). The van der Waals surface area contributed by atoms with Crippen LogP contribution in [0.4, 0.5) is 11.4 Å². The number of hydrogen-bond acceptors (Lipinski definition) is 6. The van der Waals surface area contributed by atoms with Gasteiger partial charge in [-0.25, -0.2) is 4.79 Å². The fraction of sp³-hybridized carbons (Fsp3) is 0.0909. The highest BCUT2D eigenvalue weighted by Crippen LogP contribution is 2.27. The van der Waals surface area contributed by atoms with Crippen LogP contribution in [0.25, 0.3) is 6.08 Å². The molecule has 8 nitrogen and oxygen atoms in total. The van der Waals surface area contributed by atoms with Crippen LogP contribution in [0.5, 0.6) is 0 Å². The Bertz CT molecular complexity index is 1640. The van der Waals surface area contributed by atoms with Gasteiger partial charge in [-0.3, -0.25) is 14.4 Å². The number of halogens is 1. The van der Waals surface area contributed by atoms with Gasteiger partial charge in [0.05, 0.1) is 23.6 Å². The zero-order chi connectivity index (χ0) is 30.8. The van der Waals surface area contributed by atoms with E-state index in [2.05, 4.69) is 16.0 Å². The highest BCUT2D eigenvalue weighted by molar-refractivity contribution is 8.00. The fourth-order valence-corrected chi connectivity index (χ4v) is 4.85. The number of rotatable bonds is 10. The minimum Gasteiger partial charge on any atom is -0.465 e. The second-order valence-electron chi connectivity index (χ2n) is 9.19. The normalized spacial score (nSPS) is 11.7. The second-order valence-corrected chi connectivity index (χ2v) is 11.0. The second kappa shape index (κ2) is 14.9. The van der Waals surface area contributed by atoms with Crippen LogP contribution in [0.1, 0.15) is 33.2 Å². The summed E-state index contributed by atoms with van der Waals surface area (Å²) in [7, 11) is 1.28. The zero-order valence-electron chi connectivity index (χ0n) is 23.3. The summed E-state index contributed by atoms with van der Waals surface area (Å²) in [6, 6.07) is 29.0. The number of para-hydroxylation sites is 1. The molecule has 0 aromatic heterocycles. The van der Waals surface area contributed by atoms with Gasteiger partial charge in [0.2, 0.25) is 5.91 Å². The first-order chi connectivity index (χ1) is 20.7. The third-order valence-electron chi connectivity index (χ3n) is 6.09. The maximum absolute atomic E-state index is 13.3. The summed E-state index contributed by atoms with van der Waals surface area (Å²) in [6.45, 7) is 1.75. The number of anilines is 2. The molecule has 0 saturated heterocycles. The number of benzene rings is 4. The number of carbonyl (C=O) groups is 4. The Hall–Kier alpha value is -4.86. The Morgan fingerprint density at radius 1 is 0.814 bits per heavy atom. The van der Waals surface area contributed by atoms with Crippen LogP contribution in [-0.2, 0) is 14.3 Å². The molecule has 0 radical (unpaired) electrons. The fourth-order valence-electron chi connectivity index (χ4n) is 3.86. The van der Waals surface area contributed by atoms with Crippen molar-refractivity contribution in [1.82, 2.24) is 5.32 Å². The molecule has 10 heteroatoms. The molecule has 1 unspecified atom stereocenters. The molecule has 0 heterocycles. The average molecular weight is 614 g/mol. The van der Waals surface area contributed by atoms with Crippen molar-refractivity contribution in [2.24, 2.45) is 0 Å². The van der Waals surface area contributed by atoms with Crippen molar-refractivity contribution in [3.63, 3.8) is 0 Å². The summed E-state index contributed by atoms with van der Waals surface area (Å²) in [6.07, 6.45) is 1.56. The van der Waals surface area contributed by atoms with Crippen molar-refractivity contribution < 1.29 is 23.9 Å². The zero-order valence-corrected chi connectivity index (χ0v) is 24.9. The quantitative estimate of drug-likeness (QED) is 0.105. The summed E-state index contributed by atoms with van der Waals surface area (Å²) in [4.78, 5) is 51.7. The molecular formula is C33H28ClN3O5S. The number of amides is 3. The van der Waals surface area contributed by atoms with Crippen molar-refractivity contribution >= 4 is 64.5 Å². The van der Waals surface area contributed by atoms with E-state index in [0.29, 0.717) is 27.5 Å². The molecule has 218 valence electrons. The summed E-state index contributed by atoms with van der Waals surface area (Å²) in [5.41, 5.74) is 2.26. The molecule has 4 aromatic rings. The maximum Gasteiger partial charge on any atom is 0.339 e. The molecule has 3 N–H and O–H groups in total. The largest absolute Gasteiger partial charge is 0.465 e. The summed E-state index contributed by atoms with van der Waals surface area (Å²) in [5, 5.41) is 8.35. The van der Waals surface area contributed by atoms with Gasteiger partial charge in [-0.2, -0.15) is 0 Å². The minimum atomic E-state index is -0.542. The molecular weight excluding hydrogens is 586 g/mol. The smallest absolute Gasteiger partial charge is 0.339 e. The molecule has 1 atom stereocenters. The molecule has 4 aromatic carbocycles. The lowest BCUT2D eigenvalue weighted by molar-refractivity contribution is -0.115. The lowest BCUT2D eigenvalue weighted by Crippen LogP contribution is -2.30. The summed E-state index contributed by atoms with van der Waals surface area (Å²) >= 11 is 7.31. The Morgan fingerprint density at radius 2 is 1.47 bits per heavy atom. The van der Waals surface area contributed by atoms with Crippen LogP contribution in [0.2, 0.25) is 5.02 Å². The van der Waals surface area contributed by atoms with E-state index in [-0.39, 0.29) is 17.2 Å². The predicted molar refractivity (Wildman–Crippen MR) is 170 cm³/mol. The standard InChI is InChI=1S/C33H28ClN3O5S/c1-21(30(38)36-28-11-7-6-10-27(28)33(41)42-2)43-26-18-16-25(17-19-26)35-32(40)29(20-22-12-14-24(34)15-13-22)37-31(39)23-8-4-3-5-9-23/h3-21H,1-2H3,(H,35,40)(H,36,38)(H,37,39)/b29-20-. The predicted octanol–water partition coefficient (Wildman–Crippen LogP) is 6.66. The number of esters is 1. The number of thioether (sulfide) groups is 1. The van der Waals surface area contributed by atoms with Crippen LogP contribution >= 0.6 is 23.4 Å². The van der Waals surface area contributed by atoms with Gasteiger partial charge in [0, 0.05) is 21.2 Å². The van der Waals surface area contributed by atoms with E-state index >= 15 is 0 Å². The van der Waals surface area contributed by atoms with Crippen LogP contribution < -0.4 is 16.0 Å². The van der Waals surface area contributed by atoms with Crippen LogP contribution in [-0.4, -0.2) is 36.1 Å². The van der Waals surface area contributed by atoms with Gasteiger partial charge in [-0.15, -0.1) is 11.8 Å². The Morgan fingerprint density at radius 3 is 2.14 bits per heavy atom. The minimum absolute atomic E-state index is 0.0483. The number of methoxy groups -OCH3 is 1. The Labute approximate surface area is 258 Å². The van der Waals surface area contributed by atoms with E-state index in [9.17, 15) is 19.2 Å². The number of nitrogens with one attached hydrogen (secondary N) is 3. The Balaban J connectivity index is 1.42. The van der Waals surface area contributed by atoms with Gasteiger partial charge < -0.3 is 20.7 Å². The van der Waals surface area contributed by atoms with Gasteiger partial charge in [-0.05, 0) is 79.2 Å². The van der Waals surface area contributed by atoms with Gasteiger partial charge in [0.25, 0.3) is 11.8 Å². The molecule has 0 fully saturated rings. The SMILES string of the molecule is COC(=O)c1ccccc1NC(=O)C(C)Sc1ccc(NC(=O)/C(=C/c2ccc(Cl)cc2)NC(=O)c2ccccc2)cc1. The number of hydrogen-bond donors (Lipinski definition) is 3. The summed E-state index contributed by atoms with van der Waals surface area (Å²) in [5.74, 6) is -1.77. The molecule has 0 bridgehead atoms. The highest BCUT2D eigenvalue weighted by atomic mass is 35.5. The third-order valence-corrected chi connectivity index (χ3v) is 7.46. The lowest BCUT2D eigenvalue weighted by Gasteiger charge is -2.15. The van der Waals surface area contributed by atoms with E-state index in [1.807, 2.05) is 0 Å². The van der Waals surface area contributed by atoms with E-state index in [1.54, 1.807) is 116 Å². The number of ether oxygens (including phenoxy) is 1. The van der Waals surface area contributed by atoms with Gasteiger partial charge in [0.15, 0.2) is 0 Å². The first-order valence-electron chi connectivity index (χ1n) is 13.1. The number of carbonyl (C=O) groups excluding carboxylic acids is 4.